The molecule has 4 rings (SSSR count). The van der Waals surface area contributed by atoms with Crippen LogP contribution in [0.4, 0.5) is 0 Å². The first kappa shape index (κ1) is 17.9. The van der Waals surface area contributed by atoms with Crippen LogP contribution < -0.4 is 21.2 Å². The van der Waals surface area contributed by atoms with Gasteiger partial charge < -0.3 is 0 Å². The molecule has 0 saturated carbocycles. The lowest BCUT2D eigenvalue weighted by molar-refractivity contribution is -0.585. The summed E-state index contributed by atoms with van der Waals surface area (Å²) in [6.07, 6.45) is 0. The molecule has 4 aromatic rings. The Hall–Kier alpha value is -2.45. The van der Waals surface area contributed by atoms with Crippen molar-refractivity contribution in [3.63, 3.8) is 0 Å². The van der Waals surface area contributed by atoms with Crippen LogP contribution in [0.5, 0.6) is 0 Å². The highest BCUT2D eigenvalue weighted by molar-refractivity contribution is 7.14. The highest BCUT2D eigenvalue weighted by Crippen LogP contribution is 2.26. The zero-order valence-electron chi connectivity index (χ0n) is 14.0. The number of hydrogen-bond acceptors (Lipinski definition) is 4. The molecule has 0 amide bonds. The second-order valence-corrected chi connectivity index (χ2v) is 12.2. The van der Waals surface area contributed by atoms with E-state index in [0.717, 1.165) is 0 Å². The summed E-state index contributed by atoms with van der Waals surface area (Å²) in [6.45, 7) is 0. The summed E-state index contributed by atoms with van der Waals surface area (Å²) in [5.74, 6) is 0. The van der Waals surface area contributed by atoms with E-state index in [9.17, 15) is 0 Å². The summed E-state index contributed by atoms with van der Waals surface area (Å²) in [6, 6.07) is 28.7. The number of rotatable bonds is 4. The van der Waals surface area contributed by atoms with Crippen LogP contribution in [0, 0.1) is 28.4 Å². The zero-order valence-corrected chi connectivity index (χ0v) is 17.8. The number of halogens is 1. The standard InChI is InChI=1S/C22H12IN2S2/c24-13-15-1-5-17(6-2-15)19-9-11-21(26-19)23-22-12-10-20(27-22)18-7-3-16(14-25)4-8-18/h1-12H/q+1. The maximum atomic E-state index is 8.92. The molecule has 2 aromatic carbocycles. The first-order valence-electron chi connectivity index (χ1n) is 8.11. The Kier molecular flexibility index (Phi) is 5.35. The normalized spacial score (nSPS) is 10.3. The molecule has 2 aromatic heterocycles. The van der Waals surface area contributed by atoms with Crippen molar-refractivity contribution in [2.24, 2.45) is 0 Å². The van der Waals surface area contributed by atoms with Crippen LogP contribution in [0.2, 0.25) is 0 Å². The fraction of sp³-hybridized carbons (Fsp3) is 0. The van der Waals surface area contributed by atoms with E-state index in [0.29, 0.717) is 11.1 Å². The van der Waals surface area contributed by atoms with Gasteiger partial charge in [0.25, 0.3) is 0 Å². The number of benzene rings is 2. The molecule has 0 spiro atoms. The monoisotopic (exact) mass is 495 g/mol. The SMILES string of the molecule is N#Cc1ccc(-c2ccc([I+]c3ccc(-c4ccc(C#N)cc4)s3)s2)cc1. The van der Waals surface area contributed by atoms with E-state index in [1.54, 1.807) is 0 Å². The van der Waals surface area contributed by atoms with E-state index in [-0.39, 0.29) is 21.2 Å². The molecule has 0 aliphatic carbocycles. The third kappa shape index (κ3) is 4.12. The third-order valence-corrected chi connectivity index (χ3v) is 9.91. The number of nitrogens with zero attached hydrogens (tertiary/aromatic N) is 2. The van der Waals surface area contributed by atoms with Gasteiger partial charge in [-0.3, -0.25) is 0 Å². The summed E-state index contributed by atoms with van der Waals surface area (Å²) in [4.78, 5) is 2.50. The molecule has 27 heavy (non-hydrogen) atoms. The fourth-order valence-corrected chi connectivity index (χ4v) is 8.87. The van der Waals surface area contributed by atoms with Gasteiger partial charge in [0.05, 0.1) is 23.3 Å². The number of hydrogen-bond donors (Lipinski definition) is 0. The van der Waals surface area contributed by atoms with Gasteiger partial charge in [-0.2, -0.15) is 10.5 Å². The lowest BCUT2D eigenvalue weighted by Gasteiger charge is -1.95. The van der Waals surface area contributed by atoms with Crippen molar-refractivity contribution >= 4 is 22.7 Å². The van der Waals surface area contributed by atoms with E-state index in [1.165, 1.54) is 26.6 Å². The molecule has 0 radical (unpaired) electrons. The minimum atomic E-state index is -0.200. The van der Waals surface area contributed by atoms with Crippen LogP contribution in [-0.4, -0.2) is 0 Å². The summed E-state index contributed by atoms with van der Waals surface area (Å²) >= 11 is 3.48. The third-order valence-electron chi connectivity index (χ3n) is 3.93. The Morgan fingerprint density at radius 1 is 0.556 bits per heavy atom. The molecular formula is C22H12IN2S2+. The van der Waals surface area contributed by atoms with Crippen molar-refractivity contribution < 1.29 is 21.2 Å². The van der Waals surface area contributed by atoms with Crippen molar-refractivity contribution in [3.05, 3.63) is 89.7 Å². The lowest BCUT2D eigenvalue weighted by Crippen LogP contribution is -3.61. The van der Waals surface area contributed by atoms with E-state index in [1.807, 2.05) is 71.2 Å². The van der Waals surface area contributed by atoms with Gasteiger partial charge in [0.15, 0.2) is 0 Å². The van der Waals surface area contributed by atoms with Gasteiger partial charge in [-0.25, -0.2) is 0 Å². The number of thiophene rings is 2. The van der Waals surface area contributed by atoms with Crippen molar-refractivity contribution in [2.45, 2.75) is 0 Å². The van der Waals surface area contributed by atoms with Crippen LogP contribution in [0.15, 0.2) is 72.8 Å². The van der Waals surface area contributed by atoms with Gasteiger partial charge in [-0.15, -0.1) is 0 Å². The first-order valence-corrected chi connectivity index (χ1v) is 11.9. The van der Waals surface area contributed by atoms with Crippen LogP contribution in [0.25, 0.3) is 20.9 Å². The van der Waals surface area contributed by atoms with Gasteiger partial charge in [0.2, 0.25) is 5.77 Å². The molecule has 0 saturated heterocycles. The highest BCUT2D eigenvalue weighted by Gasteiger charge is 2.21. The van der Waals surface area contributed by atoms with E-state index >= 15 is 0 Å². The van der Waals surface area contributed by atoms with Gasteiger partial charge in [-0.05, 0) is 47.5 Å². The van der Waals surface area contributed by atoms with Crippen molar-refractivity contribution in [3.8, 4) is 33.0 Å². The van der Waals surface area contributed by atoms with Gasteiger partial charge in [0.1, 0.15) is 0 Å². The Bertz CT molecular complexity index is 1060. The molecule has 128 valence electrons. The topological polar surface area (TPSA) is 47.6 Å². The smallest absolute Gasteiger partial charge is 0.192 e. The molecule has 0 aliphatic rings. The maximum absolute atomic E-state index is 8.92. The Morgan fingerprint density at radius 2 is 0.963 bits per heavy atom. The highest BCUT2D eigenvalue weighted by atomic mass is 127. The maximum Gasteiger partial charge on any atom is 0.381 e. The second-order valence-electron chi connectivity index (χ2n) is 5.68. The van der Waals surface area contributed by atoms with Gasteiger partial charge in [-0.1, -0.05) is 46.9 Å². The molecule has 0 unspecified atom stereocenters. The molecule has 0 N–H and O–H groups in total. The average Bonchev–Trinajstić information content (AvgIpc) is 3.38. The van der Waals surface area contributed by atoms with Crippen LogP contribution in [0.1, 0.15) is 11.1 Å². The van der Waals surface area contributed by atoms with Crippen molar-refractivity contribution in [1.82, 2.24) is 0 Å². The minimum Gasteiger partial charge on any atom is -0.192 e. The average molecular weight is 495 g/mol. The molecule has 5 heteroatoms. The Balaban J connectivity index is 1.50. The molecule has 0 atom stereocenters. The summed E-state index contributed by atoms with van der Waals surface area (Å²) in [7, 11) is 0. The molecule has 2 nitrogen and oxygen atoms in total. The largest absolute Gasteiger partial charge is 0.381 e. The van der Waals surface area contributed by atoms with Gasteiger partial charge in [0, 0.05) is 21.9 Å². The van der Waals surface area contributed by atoms with E-state index in [4.69, 9.17) is 10.5 Å². The molecule has 2 heterocycles. The molecular weight excluding hydrogens is 483 g/mol. The lowest BCUT2D eigenvalue weighted by atomic mass is 10.1. The van der Waals surface area contributed by atoms with Crippen molar-refractivity contribution in [1.29, 1.82) is 10.5 Å². The predicted molar refractivity (Wildman–Crippen MR) is 106 cm³/mol. The fourth-order valence-electron chi connectivity index (χ4n) is 2.55. The minimum absolute atomic E-state index is 0.200. The van der Waals surface area contributed by atoms with Crippen LogP contribution >= 0.6 is 22.7 Å². The van der Waals surface area contributed by atoms with Gasteiger partial charge >= 0.3 is 21.2 Å². The quantitative estimate of drug-likeness (QED) is 0.409. The first-order chi connectivity index (χ1) is 13.2. The summed E-state index contributed by atoms with van der Waals surface area (Å²) in [5, 5.41) is 17.8. The summed E-state index contributed by atoms with van der Waals surface area (Å²) in [5.41, 5.74) is 3.71. The second kappa shape index (κ2) is 8.06. The van der Waals surface area contributed by atoms with Crippen LogP contribution in [0.3, 0.4) is 0 Å². The Morgan fingerprint density at radius 3 is 1.33 bits per heavy atom. The number of nitriles is 2. The summed E-state index contributed by atoms with van der Waals surface area (Å²) < 4.78 is 2.86. The van der Waals surface area contributed by atoms with Crippen LogP contribution in [-0.2, 0) is 0 Å². The predicted octanol–water partition coefficient (Wildman–Crippen LogP) is 3.02. The van der Waals surface area contributed by atoms with E-state index < -0.39 is 0 Å². The Labute approximate surface area is 176 Å². The molecule has 0 bridgehead atoms. The molecule has 0 fully saturated rings. The van der Waals surface area contributed by atoms with Crippen molar-refractivity contribution in [2.75, 3.05) is 0 Å². The van der Waals surface area contributed by atoms with E-state index in [2.05, 4.69) is 36.4 Å². The zero-order chi connectivity index (χ0) is 18.6. The molecule has 0 aliphatic heterocycles.